The highest BCUT2D eigenvalue weighted by Crippen LogP contribution is 2.20. The van der Waals surface area contributed by atoms with E-state index in [1.807, 2.05) is 6.92 Å². The number of halogens is 2. The van der Waals surface area contributed by atoms with Crippen LogP contribution in [0.1, 0.15) is 20.3 Å². The summed E-state index contributed by atoms with van der Waals surface area (Å²) >= 11 is 0. The molecule has 0 fully saturated rings. The second-order valence-electron chi connectivity index (χ2n) is 4.71. The van der Waals surface area contributed by atoms with Crippen molar-refractivity contribution in [3.05, 3.63) is 29.8 Å². The van der Waals surface area contributed by atoms with Gasteiger partial charge in [0.15, 0.2) is 0 Å². The molecule has 0 radical (unpaired) electrons. The molecule has 2 atom stereocenters. The van der Waals surface area contributed by atoms with Crippen molar-refractivity contribution < 1.29 is 18.6 Å². The maximum Gasteiger partial charge on any atom is 0.129 e. The van der Waals surface area contributed by atoms with Crippen molar-refractivity contribution in [3.8, 4) is 5.75 Å². The van der Waals surface area contributed by atoms with Crippen LogP contribution in [0.15, 0.2) is 18.2 Å². The summed E-state index contributed by atoms with van der Waals surface area (Å²) in [7, 11) is 1.74. The molecule has 0 saturated carbocycles. The third-order valence-electron chi connectivity index (χ3n) is 2.86. The molecule has 5 heteroatoms. The summed E-state index contributed by atoms with van der Waals surface area (Å²) in [6, 6.07) is 3.06. The van der Waals surface area contributed by atoms with E-state index in [9.17, 15) is 13.9 Å². The van der Waals surface area contributed by atoms with Crippen molar-refractivity contribution in [1.82, 2.24) is 5.32 Å². The van der Waals surface area contributed by atoms with Crippen molar-refractivity contribution in [2.24, 2.45) is 0 Å². The summed E-state index contributed by atoms with van der Waals surface area (Å²) in [5.41, 5.74) is -0.481. The number of rotatable bonds is 6. The molecule has 0 aliphatic carbocycles. The Morgan fingerprint density at radius 2 is 1.89 bits per heavy atom. The molecular formula is C13H19F2NO2. The summed E-state index contributed by atoms with van der Waals surface area (Å²) in [6.45, 7) is 3.59. The van der Waals surface area contributed by atoms with Crippen LogP contribution in [0.5, 0.6) is 5.75 Å². The topological polar surface area (TPSA) is 41.5 Å². The van der Waals surface area contributed by atoms with E-state index in [0.717, 1.165) is 18.2 Å². The van der Waals surface area contributed by atoms with E-state index in [4.69, 9.17) is 4.74 Å². The quantitative estimate of drug-likeness (QED) is 0.822. The third kappa shape index (κ3) is 4.23. The Labute approximate surface area is 106 Å². The van der Waals surface area contributed by atoms with Crippen LogP contribution in [0.2, 0.25) is 0 Å². The number of likely N-dealkylation sites (N-methyl/N-ethyl adjacent to an activating group) is 1. The highest BCUT2D eigenvalue weighted by atomic mass is 19.1. The van der Waals surface area contributed by atoms with E-state index in [1.165, 1.54) is 0 Å². The lowest BCUT2D eigenvalue weighted by Gasteiger charge is -2.30. The lowest BCUT2D eigenvalue weighted by Crippen LogP contribution is -2.46. The monoisotopic (exact) mass is 259 g/mol. The van der Waals surface area contributed by atoms with Gasteiger partial charge in [-0.25, -0.2) is 8.78 Å². The van der Waals surface area contributed by atoms with Crippen molar-refractivity contribution in [1.29, 1.82) is 0 Å². The van der Waals surface area contributed by atoms with Crippen molar-refractivity contribution in [2.45, 2.75) is 31.9 Å². The zero-order valence-corrected chi connectivity index (χ0v) is 10.8. The van der Waals surface area contributed by atoms with Crippen molar-refractivity contribution >= 4 is 0 Å². The molecule has 1 aromatic carbocycles. The Hall–Kier alpha value is -1.20. The van der Waals surface area contributed by atoms with E-state index < -0.39 is 17.2 Å². The Balaban J connectivity index is 2.67. The second-order valence-corrected chi connectivity index (χ2v) is 4.71. The Morgan fingerprint density at radius 1 is 1.33 bits per heavy atom. The van der Waals surface area contributed by atoms with Crippen LogP contribution in [0.25, 0.3) is 0 Å². The van der Waals surface area contributed by atoms with Crippen LogP contribution in [0.3, 0.4) is 0 Å². The Morgan fingerprint density at radius 3 is 2.33 bits per heavy atom. The fourth-order valence-corrected chi connectivity index (χ4v) is 1.75. The van der Waals surface area contributed by atoms with E-state index in [0.29, 0.717) is 6.42 Å². The summed E-state index contributed by atoms with van der Waals surface area (Å²) in [6.07, 6.45) is 0.230. The zero-order valence-electron chi connectivity index (χ0n) is 10.8. The van der Waals surface area contributed by atoms with E-state index in [-0.39, 0.29) is 18.5 Å². The standard InChI is InChI=1S/C13H19F2NO2/c1-9(7-13(2,8-17)16-3)18-12-5-10(14)4-11(15)6-12/h4-6,9,16-17H,7-8H2,1-3H3. The van der Waals surface area contributed by atoms with Crippen LogP contribution >= 0.6 is 0 Å². The van der Waals surface area contributed by atoms with Crippen molar-refractivity contribution in [3.63, 3.8) is 0 Å². The van der Waals surface area contributed by atoms with Crippen LogP contribution < -0.4 is 10.1 Å². The molecule has 3 nitrogen and oxygen atoms in total. The molecule has 102 valence electrons. The highest BCUT2D eigenvalue weighted by molar-refractivity contribution is 5.24. The number of ether oxygens (including phenoxy) is 1. The molecular weight excluding hydrogens is 240 g/mol. The molecule has 2 unspecified atom stereocenters. The molecule has 1 aromatic rings. The largest absolute Gasteiger partial charge is 0.490 e. The zero-order chi connectivity index (χ0) is 13.8. The summed E-state index contributed by atoms with van der Waals surface area (Å²) < 4.78 is 31.4. The summed E-state index contributed by atoms with van der Waals surface area (Å²) in [5.74, 6) is -1.19. The first-order chi connectivity index (χ1) is 8.38. The first kappa shape index (κ1) is 14.9. The van der Waals surface area contributed by atoms with E-state index in [2.05, 4.69) is 5.32 Å². The predicted octanol–water partition coefficient (Wildman–Crippen LogP) is 2.09. The van der Waals surface area contributed by atoms with Crippen LogP contribution in [0, 0.1) is 11.6 Å². The number of aliphatic hydroxyl groups is 1. The Bertz CT molecular complexity index is 374. The first-order valence-electron chi connectivity index (χ1n) is 5.81. The fraction of sp³-hybridized carbons (Fsp3) is 0.538. The van der Waals surface area contributed by atoms with Crippen molar-refractivity contribution in [2.75, 3.05) is 13.7 Å². The van der Waals surface area contributed by atoms with E-state index >= 15 is 0 Å². The van der Waals surface area contributed by atoms with E-state index in [1.54, 1.807) is 14.0 Å². The summed E-state index contributed by atoms with van der Waals surface area (Å²) in [4.78, 5) is 0. The second kappa shape index (κ2) is 6.11. The fourth-order valence-electron chi connectivity index (χ4n) is 1.75. The highest BCUT2D eigenvalue weighted by Gasteiger charge is 2.24. The molecule has 0 aliphatic heterocycles. The minimum atomic E-state index is -0.671. The van der Waals surface area contributed by atoms with Gasteiger partial charge in [-0.3, -0.25) is 0 Å². The molecule has 0 aromatic heterocycles. The molecule has 0 saturated heterocycles. The molecule has 0 aliphatic rings. The average molecular weight is 259 g/mol. The maximum atomic E-state index is 13.0. The SMILES string of the molecule is CNC(C)(CO)CC(C)Oc1cc(F)cc(F)c1. The van der Waals surface area contributed by atoms with Gasteiger partial charge >= 0.3 is 0 Å². The van der Waals surface area contributed by atoms with Gasteiger partial charge in [0.05, 0.1) is 12.7 Å². The average Bonchev–Trinajstić information content (AvgIpc) is 2.27. The van der Waals surface area contributed by atoms with Gasteiger partial charge < -0.3 is 15.2 Å². The van der Waals surface area contributed by atoms with Gasteiger partial charge in [-0.2, -0.15) is 0 Å². The number of aliphatic hydroxyl groups excluding tert-OH is 1. The molecule has 18 heavy (non-hydrogen) atoms. The maximum absolute atomic E-state index is 13.0. The molecule has 0 heterocycles. The minimum absolute atomic E-state index is 0.0469. The van der Waals surface area contributed by atoms with Crippen LogP contribution in [-0.2, 0) is 0 Å². The van der Waals surface area contributed by atoms with Gasteiger partial charge in [-0.1, -0.05) is 0 Å². The Kier molecular flexibility index (Phi) is 5.04. The summed E-state index contributed by atoms with van der Waals surface area (Å²) in [5, 5.41) is 12.2. The van der Waals surface area contributed by atoms with Crippen LogP contribution in [0.4, 0.5) is 8.78 Å². The number of nitrogens with one attached hydrogen (secondary N) is 1. The van der Waals surface area contributed by atoms with Crippen LogP contribution in [-0.4, -0.2) is 30.4 Å². The van der Waals surface area contributed by atoms with Gasteiger partial charge in [-0.15, -0.1) is 0 Å². The molecule has 1 rings (SSSR count). The lowest BCUT2D eigenvalue weighted by molar-refractivity contribution is 0.115. The molecule has 2 N–H and O–H groups in total. The lowest BCUT2D eigenvalue weighted by atomic mass is 9.96. The van der Waals surface area contributed by atoms with Gasteiger partial charge in [0.25, 0.3) is 0 Å². The van der Waals surface area contributed by atoms with Gasteiger partial charge in [0.2, 0.25) is 0 Å². The number of hydrogen-bond acceptors (Lipinski definition) is 3. The predicted molar refractivity (Wildman–Crippen MR) is 65.6 cm³/mol. The third-order valence-corrected chi connectivity index (χ3v) is 2.86. The van der Waals surface area contributed by atoms with Gasteiger partial charge in [-0.05, 0) is 20.9 Å². The normalized spacial score (nSPS) is 16.1. The molecule has 0 spiro atoms. The molecule has 0 amide bonds. The smallest absolute Gasteiger partial charge is 0.129 e. The number of benzene rings is 1. The molecule has 0 bridgehead atoms. The van der Waals surface area contributed by atoms with Gasteiger partial charge in [0.1, 0.15) is 17.4 Å². The first-order valence-corrected chi connectivity index (χ1v) is 5.81. The number of hydrogen-bond donors (Lipinski definition) is 2. The van der Waals surface area contributed by atoms with Gasteiger partial charge in [0, 0.05) is 30.2 Å². The minimum Gasteiger partial charge on any atom is -0.490 e.